The van der Waals surface area contributed by atoms with Crippen molar-refractivity contribution in [1.29, 1.82) is 5.26 Å². The first-order valence-electron chi connectivity index (χ1n) is 5.53. The van der Waals surface area contributed by atoms with Crippen molar-refractivity contribution in [1.82, 2.24) is 15.2 Å². The van der Waals surface area contributed by atoms with Gasteiger partial charge in [-0.2, -0.15) is 10.4 Å². The van der Waals surface area contributed by atoms with E-state index >= 15 is 0 Å². The molecule has 6 nitrogen and oxygen atoms in total. The van der Waals surface area contributed by atoms with E-state index in [0.29, 0.717) is 24.0 Å². The normalized spacial score (nSPS) is 17.2. The molecule has 2 aromatic rings. The van der Waals surface area contributed by atoms with Gasteiger partial charge in [0.05, 0.1) is 12.5 Å². The SMILES string of the molecule is N#CCc1nc(C2COc3ccccc3O2)n[nH]1. The third-order valence-electron chi connectivity index (χ3n) is 2.59. The number of H-pyrrole nitrogens is 1. The molecule has 1 N–H and O–H groups in total. The second-order valence-corrected chi connectivity index (χ2v) is 3.84. The molecule has 1 aromatic carbocycles. The number of aromatic nitrogens is 3. The topological polar surface area (TPSA) is 83.8 Å². The second kappa shape index (κ2) is 4.37. The molecule has 0 radical (unpaired) electrons. The van der Waals surface area contributed by atoms with Crippen LogP contribution in [0.5, 0.6) is 11.5 Å². The Morgan fingerprint density at radius 2 is 2.22 bits per heavy atom. The van der Waals surface area contributed by atoms with E-state index in [1.54, 1.807) is 0 Å². The zero-order valence-corrected chi connectivity index (χ0v) is 9.46. The number of aromatic amines is 1. The van der Waals surface area contributed by atoms with Gasteiger partial charge in [-0.15, -0.1) is 0 Å². The Balaban J connectivity index is 1.81. The number of hydrogen-bond acceptors (Lipinski definition) is 5. The second-order valence-electron chi connectivity index (χ2n) is 3.84. The van der Waals surface area contributed by atoms with Crippen molar-refractivity contribution in [2.45, 2.75) is 12.5 Å². The minimum absolute atomic E-state index is 0.206. The van der Waals surface area contributed by atoms with Gasteiger partial charge in [0.25, 0.3) is 0 Å². The van der Waals surface area contributed by atoms with Crippen molar-refractivity contribution in [2.24, 2.45) is 0 Å². The number of nitrogens with zero attached hydrogens (tertiary/aromatic N) is 3. The third-order valence-corrected chi connectivity index (χ3v) is 2.59. The van der Waals surface area contributed by atoms with Gasteiger partial charge in [0.1, 0.15) is 12.4 Å². The van der Waals surface area contributed by atoms with E-state index in [4.69, 9.17) is 14.7 Å². The van der Waals surface area contributed by atoms with E-state index in [0.717, 1.165) is 5.75 Å². The minimum atomic E-state index is -0.344. The van der Waals surface area contributed by atoms with Gasteiger partial charge < -0.3 is 9.47 Å². The van der Waals surface area contributed by atoms with E-state index in [-0.39, 0.29) is 12.5 Å². The van der Waals surface area contributed by atoms with Crippen LogP contribution in [0.1, 0.15) is 17.8 Å². The maximum absolute atomic E-state index is 8.58. The summed E-state index contributed by atoms with van der Waals surface area (Å²) < 4.78 is 11.3. The monoisotopic (exact) mass is 242 g/mol. The molecular weight excluding hydrogens is 232 g/mol. The third kappa shape index (κ3) is 1.86. The summed E-state index contributed by atoms with van der Waals surface area (Å²) in [6.45, 7) is 0.362. The van der Waals surface area contributed by atoms with Gasteiger partial charge in [0.2, 0.25) is 0 Å². The van der Waals surface area contributed by atoms with Crippen LogP contribution >= 0.6 is 0 Å². The van der Waals surface area contributed by atoms with E-state index in [9.17, 15) is 0 Å². The van der Waals surface area contributed by atoms with Gasteiger partial charge in [0.15, 0.2) is 23.4 Å². The van der Waals surface area contributed by atoms with Gasteiger partial charge in [-0.25, -0.2) is 4.98 Å². The Kier molecular flexibility index (Phi) is 2.57. The summed E-state index contributed by atoms with van der Waals surface area (Å²) in [6, 6.07) is 9.47. The highest BCUT2D eigenvalue weighted by Crippen LogP contribution is 2.34. The Morgan fingerprint density at radius 3 is 3.06 bits per heavy atom. The summed E-state index contributed by atoms with van der Waals surface area (Å²) in [4.78, 5) is 4.20. The lowest BCUT2D eigenvalue weighted by Gasteiger charge is -2.24. The fraction of sp³-hybridized carbons (Fsp3) is 0.250. The number of nitrogens with one attached hydrogen (secondary N) is 1. The van der Waals surface area contributed by atoms with Crippen molar-refractivity contribution >= 4 is 0 Å². The Bertz CT molecular complexity index is 602. The molecule has 0 spiro atoms. The van der Waals surface area contributed by atoms with Crippen molar-refractivity contribution in [3.05, 3.63) is 35.9 Å². The van der Waals surface area contributed by atoms with Crippen LogP contribution in [0.15, 0.2) is 24.3 Å². The van der Waals surface area contributed by atoms with Crippen LogP contribution < -0.4 is 9.47 Å². The van der Waals surface area contributed by atoms with Crippen molar-refractivity contribution < 1.29 is 9.47 Å². The van der Waals surface area contributed by atoms with E-state index in [2.05, 4.69) is 15.2 Å². The van der Waals surface area contributed by atoms with Crippen molar-refractivity contribution in [3.63, 3.8) is 0 Å². The van der Waals surface area contributed by atoms with E-state index in [1.807, 2.05) is 30.3 Å². The summed E-state index contributed by atoms with van der Waals surface area (Å²) in [5.41, 5.74) is 0. The first kappa shape index (κ1) is 10.6. The molecular formula is C12H10N4O2. The highest BCUT2D eigenvalue weighted by Gasteiger charge is 2.25. The highest BCUT2D eigenvalue weighted by molar-refractivity contribution is 5.40. The van der Waals surface area contributed by atoms with Gasteiger partial charge >= 0.3 is 0 Å². The summed E-state index contributed by atoms with van der Waals surface area (Å²) in [6.07, 6.45) is -0.138. The molecule has 0 amide bonds. The number of benzene rings is 1. The maximum atomic E-state index is 8.58. The number of hydrogen-bond donors (Lipinski definition) is 1. The lowest BCUT2D eigenvalue weighted by atomic mass is 10.2. The molecule has 2 heterocycles. The molecule has 0 saturated carbocycles. The largest absolute Gasteiger partial charge is 0.485 e. The van der Waals surface area contributed by atoms with Gasteiger partial charge in [0, 0.05) is 0 Å². The summed E-state index contributed by atoms with van der Waals surface area (Å²) in [5, 5.41) is 15.3. The first-order valence-corrected chi connectivity index (χ1v) is 5.53. The smallest absolute Gasteiger partial charge is 0.195 e. The van der Waals surface area contributed by atoms with Gasteiger partial charge in [-0.1, -0.05) is 12.1 Å². The zero-order valence-electron chi connectivity index (χ0n) is 9.46. The van der Waals surface area contributed by atoms with Gasteiger partial charge in [-0.3, -0.25) is 5.10 Å². The molecule has 1 aliphatic heterocycles. The van der Waals surface area contributed by atoms with Crippen molar-refractivity contribution in [3.8, 4) is 17.6 Å². The number of fused-ring (bicyclic) bond motifs is 1. The fourth-order valence-corrected chi connectivity index (χ4v) is 1.75. The predicted molar refractivity (Wildman–Crippen MR) is 61.0 cm³/mol. The molecule has 90 valence electrons. The average Bonchev–Trinajstić information content (AvgIpc) is 2.87. The maximum Gasteiger partial charge on any atom is 0.195 e. The Hall–Kier alpha value is -2.55. The number of nitriles is 1. The quantitative estimate of drug-likeness (QED) is 0.860. The molecule has 18 heavy (non-hydrogen) atoms. The number of para-hydroxylation sites is 2. The molecule has 0 aliphatic carbocycles. The molecule has 0 bridgehead atoms. The van der Waals surface area contributed by atoms with E-state index < -0.39 is 0 Å². The molecule has 0 saturated heterocycles. The van der Waals surface area contributed by atoms with E-state index in [1.165, 1.54) is 0 Å². The molecule has 1 aromatic heterocycles. The highest BCUT2D eigenvalue weighted by atomic mass is 16.6. The summed E-state index contributed by atoms with van der Waals surface area (Å²) >= 11 is 0. The van der Waals surface area contributed by atoms with Crippen LogP contribution in [0.2, 0.25) is 0 Å². The number of ether oxygens (including phenoxy) is 2. The lowest BCUT2D eigenvalue weighted by Crippen LogP contribution is -2.22. The summed E-state index contributed by atoms with van der Waals surface area (Å²) in [7, 11) is 0. The minimum Gasteiger partial charge on any atom is -0.485 e. The van der Waals surface area contributed by atoms with Crippen molar-refractivity contribution in [2.75, 3.05) is 6.61 Å². The molecule has 1 aliphatic rings. The molecule has 0 fully saturated rings. The Labute approximate surface area is 103 Å². The standard InChI is InChI=1S/C12H10N4O2/c13-6-5-11-14-12(16-15-11)10-7-17-8-3-1-2-4-9(8)18-10/h1-4,10H,5,7H2,(H,14,15,16). The van der Waals surface area contributed by atoms with Crippen LogP contribution in [0.25, 0.3) is 0 Å². The van der Waals surface area contributed by atoms with Crippen LogP contribution in [-0.4, -0.2) is 21.8 Å². The average molecular weight is 242 g/mol. The fourth-order valence-electron chi connectivity index (χ4n) is 1.75. The molecule has 3 rings (SSSR count). The number of rotatable bonds is 2. The van der Waals surface area contributed by atoms with Crippen LogP contribution in [0.3, 0.4) is 0 Å². The van der Waals surface area contributed by atoms with Crippen LogP contribution in [-0.2, 0) is 6.42 Å². The first-order chi connectivity index (χ1) is 8.86. The predicted octanol–water partition coefficient (Wildman–Crippen LogP) is 1.38. The summed E-state index contributed by atoms with van der Waals surface area (Å²) in [5.74, 6) is 2.45. The zero-order chi connectivity index (χ0) is 12.4. The Morgan fingerprint density at radius 1 is 1.39 bits per heavy atom. The van der Waals surface area contributed by atoms with Crippen LogP contribution in [0, 0.1) is 11.3 Å². The van der Waals surface area contributed by atoms with Gasteiger partial charge in [-0.05, 0) is 12.1 Å². The molecule has 6 heteroatoms. The molecule has 1 unspecified atom stereocenters. The lowest BCUT2D eigenvalue weighted by molar-refractivity contribution is 0.0853. The molecule has 1 atom stereocenters. The van der Waals surface area contributed by atoms with Crippen LogP contribution in [0.4, 0.5) is 0 Å².